The van der Waals surface area contributed by atoms with E-state index in [0.717, 1.165) is 24.9 Å². The molecule has 5 rings (SSSR count). The Morgan fingerprint density at radius 1 is 1.16 bits per heavy atom. The normalized spacial score (nSPS) is 17.7. The van der Waals surface area contributed by atoms with Crippen molar-refractivity contribution in [3.63, 3.8) is 0 Å². The molecule has 9 nitrogen and oxygen atoms in total. The number of carbonyl (C=O) groups is 1. The minimum atomic E-state index is -0.219. The molecule has 0 spiro atoms. The largest absolute Gasteiger partial charge is 0.392 e. The molecular formula is C20H25Cl2N7O2. The predicted molar refractivity (Wildman–Crippen MR) is 121 cm³/mol. The van der Waals surface area contributed by atoms with E-state index in [1.165, 1.54) is 24.1 Å². The minimum Gasteiger partial charge on any atom is -0.392 e. The van der Waals surface area contributed by atoms with Gasteiger partial charge in [-0.25, -0.2) is 19.0 Å². The molecule has 0 saturated heterocycles. The van der Waals surface area contributed by atoms with Crippen molar-refractivity contribution < 1.29 is 9.90 Å². The molecule has 0 aliphatic heterocycles. The van der Waals surface area contributed by atoms with Gasteiger partial charge in [-0.3, -0.25) is 4.79 Å². The predicted octanol–water partition coefficient (Wildman–Crippen LogP) is 2.99. The minimum absolute atomic E-state index is 0. The van der Waals surface area contributed by atoms with Gasteiger partial charge in [0.25, 0.3) is 0 Å². The highest BCUT2D eigenvalue weighted by molar-refractivity contribution is 6.29. The fourth-order valence-corrected chi connectivity index (χ4v) is 3.14. The molecule has 4 heterocycles. The fraction of sp³-hybridized carbons (Fsp3) is 0.350. The number of hydrogen-bond acceptors (Lipinski definition) is 7. The first-order valence-corrected chi connectivity index (χ1v) is 10.0. The highest BCUT2D eigenvalue weighted by Crippen LogP contribution is 2.16. The molecule has 2 atom stereocenters. The molecule has 0 amide bonds. The second kappa shape index (κ2) is 11.7. The molecule has 0 aromatic carbocycles. The van der Waals surface area contributed by atoms with E-state index in [2.05, 4.69) is 20.2 Å². The van der Waals surface area contributed by atoms with Crippen LogP contribution in [0.5, 0.6) is 0 Å². The Bertz CT molecular complexity index is 1080. The summed E-state index contributed by atoms with van der Waals surface area (Å²) in [5.41, 5.74) is 7.40. The number of nitrogens with two attached hydrogens (primary N) is 1. The standard InChI is InChI=1S/C8H6ClN3O.C6H5N3.C6H13NO.ClH/c1-5(13)6-4-10-12-3-2-7(9)11-8(6)12;1-3-7-6-2-4-8-9(6)5-1;7-5-3-1-2-4-6(5)8;/h2-4H,1H3;1-5H;5-6,8H,1-4,7H2;1H/t;;5-,6+;/m..0./s1. The van der Waals surface area contributed by atoms with Crippen molar-refractivity contribution in [1.29, 1.82) is 0 Å². The van der Waals surface area contributed by atoms with Gasteiger partial charge in [-0.2, -0.15) is 10.2 Å². The number of aromatic nitrogens is 6. The molecule has 166 valence electrons. The first-order chi connectivity index (χ1) is 14.5. The summed E-state index contributed by atoms with van der Waals surface area (Å²) >= 11 is 5.69. The molecule has 1 saturated carbocycles. The van der Waals surface area contributed by atoms with Gasteiger partial charge in [0.15, 0.2) is 17.1 Å². The summed E-state index contributed by atoms with van der Waals surface area (Å²) in [4.78, 5) is 19.1. The van der Waals surface area contributed by atoms with Crippen LogP contribution in [0.2, 0.25) is 5.15 Å². The molecule has 1 fully saturated rings. The van der Waals surface area contributed by atoms with E-state index in [4.69, 9.17) is 22.4 Å². The highest BCUT2D eigenvalue weighted by atomic mass is 35.5. The average molecular weight is 466 g/mol. The van der Waals surface area contributed by atoms with Crippen LogP contribution < -0.4 is 5.73 Å². The maximum atomic E-state index is 11.1. The molecule has 31 heavy (non-hydrogen) atoms. The van der Waals surface area contributed by atoms with Crippen LogP contribution in [0, 0.1) is 0 Å². The van der Waals surface area contributed by atoms with Gasteiger partial charge in [0, 0.05) is 30.7 Å². The van der Waals surface area contributed by atoms with Crippen LogP contribution in [0.25, 0.3) is 11.3 Å². The van der Waals surface area contributed by atoms with Gasteiger partial charge in [-0.1, -0.05) is 24.4 Å². The van der Waals surface area contributed by atoms with E-state index in [0.29, 0.717) is 16.4 Å². The molecule has 0 radical (unpaired) electrons. The second-order valence-corrected chi connectivity index (χ2v) is 7.29. The molecule has 11 heteroatoms. The highest BCUT2D eigenvalue weighted by Gasteiger charge is 2.17. The number of rotatable bonds is 1. The molecule has 4 aromatic rings. The van der Waals surface area contributed by atoms with Crippen LogP contribution in [-0.2, 0) is 0 Å². The summed E-state index contributed by atoms with van der Waals surface area (Å²) in [5.74, 6) is -0.0650. The van der Waals surface area contributed by atoms with Crippen molar-refractivity contribution in [2.75, 3.05) is 0 Å². The van der Waals surface area contributed by atoms with Crippen molar-refractivity contribution >= 4 is 41.1 Å². The lowest BCUT2D eigenvalue weighted by Gasteiger charge is -2.23. The van der Waals surface area contributed by atoms with E-state index >= 15 is 0 Å². The lowest BCUT2D eigenvalue weighted by atomic mass is 9.94. The van der Waals surface area contributed by atoms with Crippen molar-refractivity contribution in [1.82, 2.24) is 29.2 Å². The third-order valence-corrected chi connectivity index (χ3v) is 4.88. The zero-order valence-corrected chi connectivity index (χ0v) is 18.6. The zero-order chi connectivity index (χ0) is 21.5. The van der Waals surface area contributed by atoms with Crippen LogP contribution >= 0.6 is 24.0 Å². The number of carbonyl (C=O) groups excluding carboxylic acids is 1. The van der Waals surface area contributed by atoms with Crippen LogP contribution in [0.4, 0.5) is 0 Å². The molecular weight excluding hydrogens is 441 g/mol. The number of nitrogens with zero attached hydrogens (tertiary/aromatic N) is 6. The molecule has 3 N–H and O–H groups in total. The molecule has 4 aromatic heterocycles. The molecule has 1 aliphatic carbocycles. The maximum absolute atomic E-state index is 11.1. The Labute approximate surface area is 190 Å². The maximum Gasteiger partial charge on any atom is 0.167 e. The van der Waals surface area contributed by atoms with E-state index in [1.54, 1.807) is 29.2 Å². The number of hydrogen-bond donors (Lipinski definition) is 2. The summed E-state index contributed by atoms with van der Waals surface area (Å²) in [6.45, 7) is 1.47. The third kappa shape index (κ3) is 6.70. The van der Waals surface area contributed by atoms with Gasteiger partial charge in [-0.15, -0.1) is 12.4 Å². The fourth-order valence-electron chi connectivity index (χ4n) is 3.00. The van der Waals surface area contributed by atoms with Crippen LogP contribution in [0.1, 0.15) is 43.0 Å². The lowest BCUT2D eigenvalue weighted by molar-refractivity contribution is 0.101. The second-order valence-electron chi connectivity index (χ2n) is 6.90. The van der Waals surface area contributed by atoms with Crippen LogP contribution in [0.3, 0.4) is 0 Å². The number of ketones is 1. The summed E-state index contributed by atoms with van der Waals surface area (Å²) in [6, 6.07) is 5.38. The van der Waals surface area contributed by atoms with E-state index in [1.807, 2.05) is 18.3 Å². The van der Waals surface area contributed by atoms with Crippen LogP contribution in [0.15, 0.2) is 49.2 Å². The van der Waals surface area contributed by atoms with Gasteiger partial charge < -0.3 is 10.8 Å². The number of halogens is 2. The Balaban J connectivity index is 0.000000169. The average Bonchev–Trinajstić information content (AvgIpc) is 3.37. The number of Topliss-reactive ketones (excluding diaryl/α,β-unsaturated/α-hetero) is 1. The zero-order valence-electron chi connectivity index (χ0n) is 17.0. The summed E-state index contributed by atoms with van der Waals surface area (Å²) in [7, 11) is 0. The Kier molecular flexibility index (Phi) is 9.32. The Morgan fingerprint density at radius 3 is 2.58 bits per heavy atom. The number of aliphatic hydroxyl groups is 1. The first-order valence-electron chi connectivity index (χ1n) is 9.64. The van der Waals surface area contributed by atoms with Crippen molar-refractivity contribution in [2.24, 2.45) is 5.73 Å². The van der Waals surface area contributed by atoms with Gasteiger partial charge in [0.2, 0.25) is 0 Å². The summed E-state index contributed by atoms with van der Waals surface area (Å²) < 4.78 is 3.24. The molecule has 0 bridgehead atoms. The SMILES string of the molecule is CC(=O)c1cnn2ccc(Cl)nc12.Cl.N[C@H]1CCCC[C@H]1O.c1cnc2ccnn2c1. The monoisotopic (exact) mass is 465 g/mol. The van der Waals surface area contributed by atoms with Gasteiger partial charge in [0.1, 0.15) is 5.15 Å². The molecule has 1 aliphatic rings. The van der Waals surface area contributed by atoms with E-state index in [9.17, 15) is 4.79 Å². The lowest BCUT2D eigenvalue weighted by Crippen LogP contribution is -2.37. The van der Waals surface area contributed by atoms with E-state index < -0.39 is 0 Å². The topological polar surface area (TPSA) is 124 Å². The number of fused-ring (bicyclic) bond motifs is 2. The summed E-state index contributed by atoms with van der Waals surface area (Å²) in [5, 5.41) is 17.3. The first kappa shape index (κ1) is 24.7. The Morgan fingerprint density at radius 2 is 1.94 bits per heavy atom. The smallest absolute Gasteiger partial charge is 0.167 e. The van der Waals surface area contributed by atoms with Crippen molar-refractivity contribution in [2.45, 2.75) is 44.8 Å². The third-order valence-electron chi connectivity index (χ3n) is 4.67. The quantitative estimate of drug-likeness (QED) is 0.327. The van der Waals surface area contributed by atoms with Crippen molar-refractivity contribution in [3.05, 3.63) is 59.9 Å². The van der Waals surface area contributed by atoms with Gasteiger partial charge in [0.05, 0.1) is 24.1 Å². The van der Waals surface area contributed by atoms with Crippen LogP contribution in [-0.4, -0.2) is 52.2 Å². The Hall–Kier alpha value is -2.59. The van der Waals surface area contributed by atoms with E-state index in [-0.39, 0.29) is 30.3 Å². The number of aliphatic hydroxyl groups excluding tert-OH is 1. The van der Waals surface area contributed by atoms with Crippen molar-refractivity contribution in [3.8, 4) is 0 Å². The summed E-state index contributed by atoms with van der Waals surface area (Å²) in [6.07, 6.45) is 12.5. The molecule has 0 unspecified atom stereocenters. The van der Waals surface area contributed by atoms with Gasteiger partial charge in [-0.05, 0) is 31.9 Å². The van der Waals surface area contributed by atoms with Gasteiger partial charge >= 0.3 is 0 Å².